The fourth-order valence-electron chi connectivity index (χ4n) is 2.23. The van der Waals surface area contributed by atoms with Crippen LogP contribution in [-0.2, 0) is 0 Å². The van der Waals surface area contributed by atoms with Gasteiger partial charge >= 0.3 is 0 Å². The summed E-state index contributed by atoms with van der Waals surface area (Å²) in [7, 11) is -3.05. The molecule has 0 amide bonds. The normalized spacial score (nSPS) is 15.4. The summed E-state index contributed by atoms with van der Waals surface area (Å²) >= 11 is 0. The number of aromatic hydroxyl groups is 1. The largest absolute Gasteiger partial charge is 0.507 e. The highest BCUT2D eigenvalue weighted by Crippen LogP contribution is 2.51. The summed E-state index contributed by atoms with van der Waals surface area (Å²) in [6, 6.07) is 10.5. The van der Waals surface area contributed by atoms with E-state index in [4.69, 9.17) is 0 Å². The fraction of sp³-hybridized carbons (Fsp3) is 0.0667. The van der Waals surface area contributed by atoms with Crippen LogP contribution in [0.1, 0.15) is 6.42 Å². The highest BCUT2D eigenvalue weighted by molar-refractivity contribution is 8.28. The molecule has 1 aliphatic carbocycles. The van der Waals surface area contributed by atoms with Crippen LogP contribution in [0.3, 0.4) is 0 Å². The maximum Gasteiger partial charge on any atom is 0.123 e. The van der Waals surface area contributed by atoms with E-state index in [1.165, 1.54) is 0 Å². The molecule has 4 N–H and O–H groups in total. The van der Waals surface area contributed by atoms with Crippen molar-refractivity contribution in [2.45, 2.75) is 6.42 Å². The Morgan fingerprint density at radius 2 is 1.75 bits per heavy atom. The lowest BCUT2D eigenvalue weighted by Gasteiger charge is -2.35. The quantitative estimate of drug-likeness (QED) is 0.629. The molecule has 20 heavy (non-hydrogen) atoms. The molecule has 0 fully saturated rings. The molecule has 104 valence electrons. The molecule has 0 aliphatic heterocycles. The third-order valence-corrected chi connectivity index (χ3v) is 4.79. The number of nitrogens with one attached hydrogen (secondary N) is 1. The van der Waals surface area contributed by atoms with Gasteiger partial charge in [0.05, 0.1) is 10.6 Å². The minimum Gasteiger partial charge on any atom is -0.507 e. The number of allylic oxidation sites excluding steroid dienone is 4. The van der Waals surface area contributed by atoms with Crippen molar-refractivity contribution in [2.75, 3.05) is 4.72 Å². The molecule has 4 nitrogen and oxygen atoms in total. The van der Waals surface area contributed by atoms with Crippen molar-refractivity contribution in [3.63, 3.8) is 0 Å². The Bertz CT molecular complexity index is 722. The third-order valence-electron chi connectivity index (χ3n) is 3.26. The Hall–Kier alpha value is -1.95. The van der Waals surface area contributed by atoms with Crippen LogP contribution in [0.15, 0.2) is 59.5 Å². The van der Waals surface area contributed by atoms with Crippen LogP contribution in [0.4, 0.5) is 5.69 Å². The maximum atomic E-state index is 10.3. The van der Waals surface area contributed by atoms with Crippen molar-refractivity contribution >= 4 is 27.2 Å². The second-order valence-electron chi connectivity index (χ2n) is 4.59. The Kier molecular flexibility index (Phi) is 3.17. The summed E-state index contributed by atoms with van der Waals surface area (Å²) in [5.41, 5.74) is 0.589. The van der Waals surface area contributed by atoms with Crippen molar-refractivity contribution in [2.24, 2.45) is 0 Å². The van der Waals surface area contributed by atoms with Crippen LogP contribution in [-0.4, -0.2) is 14.2 Å². The van der Waals surface area contributed by atoms with Crippen LogP contribution in [0.5, 0.6) is 5.75 Å². The predicted octanol–water partition coefficient (Wildman–Crippen LogP) is 4.47. The SMILES string of the molecule is Oc1ccc(NS(O)(O)C2=CC=CC2)c2ccccc12. The second-order valence-corrected chi connectivity index (χ2v) is 6.42. The van der Waals surface area contributed by atoms with Gasteiger partial charge in [-0.15, -0.1) is 0 Å². The minimum atomic E-state index is -3.05. The first-order valence-electron chi connectivity index (χ1n) is 6.20. The van der Waals surface area contributed by atoms with E-state index in [1.807, 2.05) is 24.3 Å². The summed E-state index contributed by atoms with van der Waals surface area (Å²) in [5, 5.41) is 11.3. The molecular formula is C15H15NO3S. The number of hydrogen-bond acceptors (Lipinski definition) is 4. The summed E-state index contributed by atoms with van der Waals surface area (Å²) in [6.45, 7) is 0. The predicted molar refractivity (Wildman–Crippen MR) is 83.9 cm³/mol. The van der Waals surface area contributed by atoms with Gasteiger partial charge in [-0.05, 0) is 18.2 Å². The number of benzene rings is 2. The van der Waals surface area contributed by atoms with Crippen LogP contribution >= 0.6 is 10.8 Å². The average molecular weight is 289 g/mol. The second kappa shape index (κ2) is 4.86. The van der Waals surface area contributed by atoms with E-state index in [0.29, 0.717) is 22.4 Å². The van der Waals surface area contributed by atoms with Crippen molar-refractivity contribution in [1.29, 1.82) is 0 Å². The van der Waals surface area contributed by atoms with Gasteiger partial charge in [-0.25, -0.2) is 0 Å². The van der Waals surface area contributed by atoms with Gasteiger partial charge in [-0.1, -0.05) is 47.2 Å². The van der Waals surface area contributed by atoms with Crippen LogP contribution in [0.25, 0.3) is 10.8 Å². The van der Waals surface area contributed by atoms with Gasteiger partial charge in [0.25, 0.3) is 0 Å². The van der Waals surface area contributed by atoms with Gasteiger partial charge in [0.1, 0.15) is 5.75 Å². The molecule has 5 heteroatoms. The number of phenolic OH excluding ortho intramolecular Hbond substituents is 1. The molecule has 0 heterocycles. The zero-order valence-corrected chi connectivity index (χ0v) is 11.5. The Morgan fingerprint density at radius 3 is 2.45 bits per heavy atom. The summed E-state index contributed by atoms with van der Waals surface area (Å²) < 4.78 is 23.3. The van der Waals surface area contributed by atoms with Crippen molar-refractivity contribution in [1.82, 2.24) is 0 Å². The van der Waals surface area contributed by atoms with Gasteiger partial charge < -0.3 is 5.11 Å². The molecule has 2 aromatic carbocycles. The lowest BCUT2D eigenvalue weighted by Crippen LogP contribution is -2.10. The molecule has 3 rings (SSSR count). The highest BCUT2D eigenvalue weighted by atomic mass is 32.3. The summed E-state index contributed by atoms with van der Waals surface area (Å²) in [6.07, 6.45) is 5.93. The van der Waals surface area contributed by atoms with Crippen LogP contribution in [0, 0.1) is 0 Å². The van der Waals surface area contributed by atoms with E-state index >= 15 is 0 Å². The van der Waals surface area contributed by atoms with Crippen molar-refractivity contribution in [3.05, 3.63) is 59.5 Å². The van der Waals surface area contributed by atoms with Crippen LogP contribution in [0.2, 0.25) is 0 Å². The van der Waals surface area contributed by atoms with Gasteiger partial charge in [-0.2, -0.15) is 0 Å². The highest BCUT2D eigenvalue weighted by Gasteiger charge is 2.20. The van der Waals surface area contributed by atoms with Crippen molar-refractivity contribution in [3.8, 4) is 5.75 Å². The van der Waals surface area contributed by atoms with Gasteiger partial charge in [0.15, 0.2) is 0 Å². The molecule has 0 bridgehead atoms. The third kappa shape index (κ3) is 2.27. The first-order chi connectivity index (χ1) is 9.58. The Balaban J connectivity index is 2.01. The molecule has 0 aromatic heterocycles. The zero-order valence-electron chi connectivity index (χ0n) is 10.7. The monoisotopic (exact) mass is 289 g/mol. The summed E-state index contributed by atoms with van der Waals surface area (Å²) in [5.74, 6) is 0.171. The number of rotatable bonds is 3. The number of phenols is 1. The molecule has 0 saturated carbocycles. The number of hydrogen-bond donors (Lipinski definition) is 4. The molecule has 0 spiro atoms. The van der Waals surface area contributed by atoms with Gasteiger partial charge in [-0.3, -0.25) is 13.8 Å². The van der Waals surface area contributed by atoms with E-state index < -0.39 is 10.8 Å². The van der Waals surface area contributed by atoms with E-state index in [9.17, 15) is 14.2 Å². The zero-order chi connectivity index (χ0) is 14.2. The molecule has 0 atom stereocenters. The van der Waals surface area contributed by atoms with E-state index in [0.717, 1.165) is 5.39 Å². The lowest BCUT2D eigenvalue weighted by molar-refractivity contribution is 0.481. The lowest BCUT2D eigenvalue weighted by atomic mass is 10.1. The van der Waals surface area contributed by atoms with E-state index in [-0.39, 0.29) is 5.75 Å². The van der Waals surface area contributed by atoms with Crippen molar-refractivity contribution < 1.29 is 14.2 Å². The maximum absolute atomic E-state index is 10.3. The molecule has 0 saturated heterocycles. The standard InChI is InChI=1S/C15H15NO3S/c17-15-10-9-14(12-7-3-4-8-13(12)15)16-20(18,19)11-5-1-2-6-11/h1-5,7-10,16-19H,6H2. The number of anilines is 1. The first-order valence-corrected chi connectivity index (χ1v) is 7.75. The molecule has 0 unspecified atom stereocenters. The first kappa shape index (κ1) is 13.1. The number of fused-ring (bicyclic) bond motifs is 1. The molecule has 0 radical (unpaired) electrons. The molecular weight excluding hydrogens is 274 g/mol. The fourth-order valence-corrected chi connectivity index (χ4v) is 3.44. The van der Waals surface area contributed by atoms with Gasteiger partial charge in [0, 0.05) is 17.2 Å². The Labute approximate surface area is 118 Å². The topological polar surface area (TPSA) is 72.7 Å². The van der Waals surface area contributed by atoms with E-state index in [2.05, 4.69) is 4.72 Å². The van der Waals surface area contributed by atoms with Gasteiger partial charge in [0.2, 0.25) is 0 Å². The Morgan fingerprint density at radius 1 is 1.00 bits per heavy atom. The smallest absolute Gasteiger partial charge is 0.123 e. The molecule has 1 aliphatic rings. The molecule has 2 aromatic rings. The minimum absolute atomic E-state index is 0.171. The summed E-state index contributed by atoms with van der Waals surface area (Å²) in [4.78, 5) is 0.564. The van der Waals surface area contributed by atoms with E-state index in [1.54, 1.807) is 30.4 Å². The van der Waals surface area contributed by atoms with Crippen LogP contribution < -0.4 is 4.72 Å². The average Bonchev–Trinajstić information content (AvgIpc) is 2.97.